The number of nitrogens with one attached hydrogen (secondary N) is 1. The number of amides is 1. The Hall–Kier alpha value is -3.17. The summed E-state index contributed by atoms with van der Waals surface area (Å²) in [4.78, 5) is 25.0. The van der Waals surface area contributed by atoms with Gasteiger partial charge in [-0.1, -0.05) is 0 Å². The van der Waals surface area contributed by atoms with E-state index in [1.54, 1.807) is 0 Å². The van der Waals surface area contributed by atoms with Crippen LogP contribution in [-0.4, -0.2) is 16.0 Å². The summed E-state index contributed by atoms with van der Waals surface area (Å²) in [5.41, 5.74) is -1.17. The smallest absolute Gasteiger partial charge is 0.410 e. The van der Waals surface area contributed by atoms with Crippen molar-refractivity contribution in [2.24, 2.45) is 0 Å². The molecule has 0 aliphatic heterocycles. The average Bonchev–Trinajstić information content (AvgIpc) is 2.47. The van der Waals surface area contributed by atoms with Gasteiger partial charge < -0.3 is 4.74 Å². The van der Waals surface area contributed by atoms with Crippen LogP contribution in [0.5, 0.6) is 5.75 Å². The van der Waals surface area contributed by atoms with Crippen molar-refractivity contribution in [3.05, 3.63) is 58.3 Å². The van der Waals surface area contributed by atoms with Gasteiger partial charge in [0.2, 0.25) is 0 Å². The molecule has 2 rings (SSSR count). The quantitative estimate of drug-likeness (QED) is 0.686. The zero-order valence-corrected chi connectivity index (χ0v) is 11.2. The summed E-state index contributed by atoms with van der Waals surface area (Å²) in [6.45, 7) is 0. The monoisotopic (exact) mass is 327 g/mol. The first-order valence-corrected chi connectivity index (χ1v) is 6.02. The number of carbonyl (C=O) groups excluding carboxylic acids is 1. The van der Waals surface area contributed by atoms with Gasteiger partial charge >= 0.3 is 12.3 Å². The van der Waals surface area contributed by atoms with Gasteiger partial charge in [-0.3, -0.25) is 15.4 Å². The molecule has 1 heterocycles. The van der Waals surface area contributed by atoms with Gasteiger partial charge in [0, 0.05) is 18.3 Å². The van der Waals surface area contributed by atoms with Crippen LogP contribution in [0.4, 0.5) is 29.5 Å². The van der Waals surface area contributed by atoms with Gasteiger partial charge in [-0.2, -0.15) is 13.2 Å². The molecule has 0 atom stereocenters. The van der Waals surface area contributed by atoms with Crippen LogP contribution >= 0.6 is 0 Å². The summed E-state index contributed by atoms with van der Waals surface area (Å²) < 4.78 is 42.4. The van der Waals surface area contributed by atoms with E-state index in [1.807, 2.05) is 5.32 Å². The molecule has 0 radical (unpaired) electrons. The minimum Gasteiger partial charge on any atom is -0.410 e. The molecular weight excluding hydrogens is 319 g/mol. The second kappa shape index (κ2) is 6.30. The lowest BCUT2D eigenvalue weighted by molar-refractivity contribution is -0.384. The largest absolute Gasteiger partial charge is 0.418 e. The first kappa shape index (κ1) is 16.2. The molecule has 2 aromatic rings. The molecule has 10 heteroatoms. The van der Waals surface area contributed by atoms with Crippen LogP contribution in [0.25, 0.3) is 0 Å². The molecule has 1 aromatic carbocycles. The number of nitrogens with zero attached hydrogens (tertiary/aromatic N) is 2. The fourth-order valence-electron chi connectivity index (χ4n) is 1.55. The number of alkyl halides is 3. The van der Waals surface area contributed by atoms with E-state index in [2.05, 4.69) is 4.98 Å². The Balaban J connectivity index is 2.03. The van der Waals surface area contributed by atoms with Crippen molar-refractivity contribution in [3.63, 3.8) is 0 Å². The molecule has 120 valence electrons. The number of rotatable bonds is 3. The molecule has 1 amide bonds. The zero-order valence-electron chi connectivity index (χ0n) is 11.2. The number of pyridine rings is 1. The molecule has 0 aliphatic rings. The first-order valence-electron chi connectivity index (χ1n) is 6.02. The predicted molar refractivity (Wildman–Crippen MR) is 72.0 cm³/mol. The van der Waals surface area contributed by atoms with Gasteiger partial charge in [-0.25, -0.2) is 9.78 Å². The number of nitro groups is 1. The highest BCUT2D eigenvalue weighted by Gasteiger charge is 2.30. The minimum absolute atomic E-state index is 0.0138. The maximum Gasteiger partial charge on any atom is 0.418 e. The number of benzene rings is 1. The molecule has 1 N–H and O–H groups in total. The molecule has 0 saturated heterocycles. The highest BCUT2D eigenvalue weighted by molar-refractivity contribution is 5.85. The van der Waals surface area contributed by atoms with Crippen LogP contribution in [0.15, 0.2) is 42.6 Å². The van der Waals surface area contributed by atoms with Crippen molar-refractivity contribution in [2.75, 3.05) is 5.32 Å². The van der Waals surface area contributed by atoms with Crippen LogP contribution in [0.2, 0.25) is 0 Å². The fourth-order valence-corrected chi connectivity index (χ4v) is 1.55. The predicted octanol–water partition coefficient (Wildman–Crippen LogP) is 3.62. The van der Waals surface area contributed by atoms with E-state index < -0.39 is 22.8 Å². The standard InChI is InChI=1S/C13H8F3N3O4/c14-13(15,16)8-5-6-17-11(7-8)18-12(20)23-10-3-1-9(2-4-10)19(21)22/h1-7H,(H,17,18,20). The number of non-ortho nitro benzene ring substituents is 1. The van der Waals surface area contributed by atoms with Crippen molar-refractivity contribution in [2.45, 2.75) is 6.18 Å². The number of carbonyl (C=O) groups is 1. The van der Waals surface area contributed by atoms with Crippen molar-refractivity contribution >= 4 is 17.6 Å². The normalized spacial score (nSPS) is 10.9. The van der Waals surface area contributed by atoms with E-state index in [0.29, 0.717) is 6.07 Å². The van der Waals surface area contributed by atoms with Crippen molar-refractivity contribution < 1.29 is 27.6 Å². The van der Waals surface area contributed by atoms with E-state index in [1.165, 1.54) is 12.1 Å². The van der Waals surface area contributed by atoms with Gasteiger partial charge in [0.15, 0.2) is 0 Å². The topological polar surface area (TPSA) is 94.4 Å². The number of aromatic nitrogens is 1. The number of hydrogen-bond donors (Lipinski definition) is 1. The number of anilines is 1. The van der Waals surface area contributed by atoms with Crippen molar-refractivity contribution in [3.8, 4) is 5.75 Å². The highest BCUT2D eigenvalue weighted by atomic mass is 19.4. The van der Waals surface area contributed by atoms with E-state index in [0.717, 1.165) is 24.4 Å². The minimum atomic E-state index is -4.57. The van der Waals surface area contributed by atoms with Gasteiger partial charge in [0.05, 0.1) is 10.5 Å². The Morgan fingerprint density at radius 2 is 1.87 bits per heavy atom. The molecule has 0 bridgehead atoms. The van der Waals surface area contributed by atoms with Crippen LogP contribution in [0.3, 0.4) is 0 Å². The second-order valence-corrected chi connectivity index (χ2v) is 4.19. The van der Waals surface area contributed by atoms with Gasteiger partial charge in [0.25, 0.3) is 5.69 Å². The number of hydrogen-bond acceptors (Lipinski definition) is 5. The van der Waals surface area contributed by atoms with Gasteiger partial charge in [-0.15, -0.1) is 0 Å². The summed E-state index contributed by atoms with van der Waals surface area (Å²) in [5, 5.41) is 12.5. The Morgan fingerprint density at radius 3 is 2.43 bits per heavy atom. The maximum absolute atomic E-state index is 12.5. The van der Waals surface area contributed by atoms with Crippen LogP contribution in [0, 0.1) is 10.1 Å². The van der Waals surface area contributed by atoms with Crippen LogP contribution in [-0.2, 0) is 6.18 Å². The molecule has 0 saturated carbocycles. The SMILES string of the molecule is O=C(Nc1cc(C(F)(F)F)ccn1)Oc1ccc([N+](=O)[O-])cc1. The highest BCUT2D eigenvalue weighted by Crippen LogP contribution is 2.29. The summed E-state index contributed by atoms with van der Waals surface area (Å²) in [5.74, 6) is -0.355. The summed E-state index contributed by atoms with van der Waals surface area (Å²) in [6, 6.07) is 5.99. The average molecular weight is 327 g/mol. The summed E-state index contributed by atoms with van der Waals surface area (Å²) in [6.07, 6.45) is -4.75. The van der Waals surface area contributed by atoms with Crippen molar-refractivity contribution in [1.82, 2.24) is 4.98 Å². The summed E-state index contributed by atoms with van der Waals surface area (Å²) >= 11 is 0. The molecule has 7 nitrogen and oxygen atoms in total. The molecule has 0 aliphatic carbocycles. The van der Waals surface area contributed by atoms with E-state index in [9.17, 15) is 28.1 Å². The Morgan fingerprint density at radius 1 is 1.22 bits per heavy atom. The second-order valence-electron chi connectivity index (χ2n) is 4.19. The zero-order chi connectivity index (χ0) is 17.0. The molecule has 23 heavy (non-hydrogen) atoms. The third-order valence-corrected chi connectivity index (χ3v) is 2.58. The Kier molecular flexibility index (Phi) is 4.44. The van der Waals surface area contributed by atoms with Crippen LogP contribution in [0.1, 0.15) is 5.56 Å². The fraction of sp³-hybridized carbons (Fsp3) is 0.0769. The molecule has 1 aromatic heterocycles. The lowest BCUT2D eigenvalue weighted by atomic mass is 10.2. The van der Waals surface area contributed by atoms with Crippen LogP contribution < -0.4 is 10.1 Å². The number of halogens is 3. The van der Waals surface area contributed by atoms with E-state index in [-0.39, 0.29) is 17.3 Å². The lowest BCUT2D eigenvalue weighted by Crippen LogP contribution is -2.18. The van der Waals surface area contributed by atoms with Gasteiger partial charge in [0.1, 0.15) is 11.6 Å². The number of ether oxygens (including phenoxy) is 1. The molecular formula is C13H8F3N3O4. The van der Waals surface area contributed by atoms with E-state index >= 15 is 0 Å². The number of nitro benzene ring substituents is 1. The van der Waals surface area contributed by atoms with E-state index in [4.69, 9.17) is 4.74 Å². The summed E-state index contributed by atoms with van der Waals surface area (Å²) in [7, 11) is 0. The first-order chi connectivity index (χ1) is 10.8. The lowest BCUT2D eigenvalue weighted by Gasteiger charge is -2.09. The van der Waals surface area contributed by atoms with Gasteiger partial charge in [-0.05, 0) is 24.3 Å². The Labute approximate surface area is 126 Å². The molecule has 0 fully saturated rings. The third kappa shape index (κ3) is 4.40. The molecule has 0 spiro atoms. The third-order valence-electron chi connectivity index (χ3n) is 2.58. The van der Waals surface area contributed by atoms with Crippen molar-refractivity contribution in [1.29, 1.82) is 0 Å². The molecule has 0 unspecified atom stereocenters. The Bertz CT molecular complexity index is 732. The maximum atomic E-state index is 12.5.